The first kappa shape index (κ1) is 19.5. The number of amides is 1. The number of nitrogens with one attached hydrogen (secondary N) is 2. The van der Waals surface area contributed by atoms with Crippen molar-refractivity contribution < 1.29 is 18.1 Å². The Morgan fingerprint density at radius 1 is 1.23 bits per heavy atom. The van der Waals surface area contributed by atoms with Crippen LogP contribution in [0.1, 0.15) is 5.56 Å². The van der Waals surface area contributed by atoms with Gasteiger partial charge in [0.2, 0.25) is 10.0 Å². The lowest BCUT2D eigenvalue weighted by Gasteiger charge is -2.05. The number of halogens is 1. The fourth-order valence-electron chi connectivity index (χ4n) is 1.80. The summed E-state index contributed by atoms with van der Waals surface area (Å²) in [4.78, 5) is 21.8. The molecule has 136 valence electrons. The summed E-state index contributed by atoms with van der Waals surface area (Å²) in [6, 6.07) is 11.3. The summed E-state index contributed by atoms with van der Waals surface area (Å²) in [5, 5.41) is 14.5. The molecule has 0 aliphatic rings. The zero-order valence-electron chi connectivity index (χ0n) is 13.1. The predicted octanol–water partition coefficient (Wildman–Crippen LogP) is 1.68. The van der Waals surface area contributed by atoms with E-state index in [-0.39, 0.29) is 21.2 Å². The van der Waals surface area contributed by atoms with Gasteiger partial charge in [-0.25, -0.2) is 18.6 Å². The fraction of sp³-hybridized carbons (Fsp3) is 0.0667. The Balaban J connectivity index is 1.94. The van der Waals surface area contributed by atoms with E-state index < -0.39 is 27.4 Å². The molecule has 2 aromatic rings. The van der Waals surface area contributed by atoms with E-state index >= 15 is 0 Å². The average molecular weight is 397 g/mol. The highest BCUT2D eigenvalue weighted by Gasteiger charge is 2.14. The molecule has 11 heteroatoms. The summed E-state index contributed by atoms with van der Waals surface area (Å²) in [7, 11) is -3.81. The second-order valence-corrected chi connectivity index (χ2v) is 7.07. The van der Waals surface area contributed by atoms with Crippen LogP contribution in [0.3, 0.4) is 0 Å². The molecule has 0 fully saturated rings. The van der Waals surface area contributed by atoms with Crippen molar-refractivity contribution >= 4 is 39.4 Å². The summed E-state index contributed by atoms with van der Waals surface area (Å²) in [5.41, 5.74) is 2.15. The van der Waals surface area contributed by atoms with Crippen molar-refractivity contribution in [3.63, 3.8) is 0 Å². The first-order valence-corrected chi connectivity index (χ1v) is 8.96. The first-order chi connectivity index (χ1) is 12.3. The molecule has 9 nitrogen and oxygen atoms in total. The van der Waals surface area contributed by atoms with E-state index in [0.717, 1.165) is 6.21 Å². The average Bonchev–Trinajstić information content (AvgIpc) is 2.62. The standard InChI is InChI=1S/C15H13ClN4O5S/c16-14-7-6-12(20(22)23)8-11(14)9-17-19-15(21)10-18-26(24,25)13-4-2-1-3-5-13/h1-9,18H,10H2,(H,19,21)/b17-9-. The van der Waals surface area contributed by atoms with Crippen molar-refractivity contribution in [2.75, 3.05) is 6.54 Å². The monoisotopic (exact) mass is 396 g/mol. The topological polar surface area (TPSA) is 131 Å². The molecule has 2 N–H and O–H groups in total. The van der Waals surface area contributed by atoms with Crippen LogP contribution in [0.4, 0.5) is 5.69 Å². The van der Waals surface area contributed by atoms with Crippen LogP contribution in [0.2, 0.25) is 5.02 Å². The van der Waals surface area contributed by atoms with Gasteiger partial charge in [-0.3, -0.25) is 14.9 Å². The molecule has 0 radical (unpaired) electrons. The molecule has 26 heavy (non-hydrogen) atoms. The van der Waals surface area contributed by atoms with Gasteiger partial charge in [0.15, 0.2) is 0 Å². The minimum atomic E-state index is -3.81. The Morgan fingerprint density at radius 3 is 2.58 bits per heavy atom. The van der Waals surface area contributed by atoms with Crippen LogP contribution in [0.5, 0.6) is 0 Å². The number of carbonyl (C=O) groups excluding carboxylic acids is 1. The van der Waals surface area contributed by atoms with Crippen molar-refractivity contribution in [3.8, 4) is 0 Å². The molecule has 0 aliphatic carbocycles. The molecule has 0 spiro atoms. The number of nitro benzene ring substituents is 1. The Kier molecular flexibility index (Phi) is 6.39. The largest absolute Gasteiger partial charge is 0.272 e. The Labute approximate surface area is 153 Å². The fourth-order valence-corrected chi connectivity index (χ4v) is 2.97. The predicted molar refractivity (Wildman–Crippen MR) is 95.5 cm³/mol. The number of sulfonamides is 1. The Morgan fingerprint density at radius 2 is 1.92 bits per heavy atom. The molecular weight excluding hydrogens is 384 g/mol. The van der Waals surface area contributed by atoms with Gasteiger partial charge in [0.25, 0.3) is 11.6 Å². The van der Waals surface area contributed by atoms with E-state index in [2.05, 4.69) is 15.2 Å². The smallest absolute Gasteiger partial charge is 0.270 e. The molecule has 0 bridgehead atoms. The second kappa shape index (κ2) is 8.52. The lowest BCUT2D eigenvalue weighted by atomic mass is 10.2. The molecule has 0 aliphatic heterocycles. The van der Waals surface area contributed by atoms with Gasteiger partial charge in [-0.2, -0.15) is 5.10 Å². The van der Waals surface area contributed by atoms with Crippen LogP contribution in [0.15, 0.2) is 58.5 Å². The highest BCUT2D eigenvalue weighted by Crippen LogP contribution is 2.20. The number of hydrogen-bond acceptors (Lipinski definition) is 6. The second-order valence-electron chi connectivity index (χ2n) is 4.89. The maximum Gasteiger partial charge on any atom is 0.270 e. The van der Waals surface area contributed by atoms with Gasteiger partial charge >= 0.3 is 0 Å². The van der Waals surface area contributed by atoms with Gasteiger partial charge in [0, 0.05) is 22.7 Å². The number of nitro groups is 1. The van der Waals surface area contributed by atoms with E-state index in [1.54, 1.807) is 18.2 Å². The number of hydrogen-bond donors (Lipinski definition) is 2. The zero-order chi connectivity index (χ0) is 19.2. The maximum absolute atomic E-state index is 12.0. The van der Waals surface area contributed by atoms with E-state index in [9.17, 15) is 23.3 Å². The van der Waals surface area contributed by atoms with Crippen molar-refractivity contribution in [3.05, 3.63) is 69.2 Å². The number of nitrogens with zero attached hydrogens (tertiary/aromatic N) is 2. The highest BCUT2D eigenvalue weighted by atomic mass is 35.5. The van der Waals surface area contributed by atoms with Crippen LogP contribution in [0, 0.1) is 10.1 Å². The van der Waals surface area contributed by atoms with Crippen molar-refractivity contribution in [1.82, 2.24) is 10.1 Å². The number of non-ortho nitro benzene ring substituents is 1. The summed E-state index contributed by atoms with van der Waals surface area (Å²) >= 11 is 5.89. The van der Waals surface area contributed by atoms with Crippen LogP contribution in [0.25, 0.3) is 0 Å². The highest BCUT2D eigenvalue weighted by molar-refractivity contribution is 7.89. The molecule has 0 aromatic heterocycles. The summed E-state index contributed by atoms with van der Waals surface area (Å²) in [6.45, 7) is -0.531. The number of carbonyl (C=O) groups is 1. The Bertz CT molecular complexity index is 948. The molecule has 0 saturated heterocycles. The summed E-state index contributed by atoms with van der Waals surface area (Å²) < 4.78 is 26.1. The van der Waals surface area contributed by atoms with Crippen molar-refractivity contribution in [2.45, 2.75) is 4.90 Å². The summed E-state index contributed by atoms with van der Waals surface area (Å²) in [5.74, 6) is -0.720. The van der Waals surface area contributed by atoms with Gasteiger partial charge in [-0.1, -0.05) is 29.8 Å². The molecule has 0 saturated carbocycles. The van der Waals surface area contributed by atoms with E-state index in [1.807, 2.05) is 0 Å². The lowest BCUT2D eigenvalue weighted by Crippen LogP contribution is -2.34. The zero-order valence-corrected chi connectivity index (χ0v) is 14.7. The quantitative estimate of drug-likeness (QED) is 0.417. The molecular formula is C15H13ClN4O5S. The Hall–Kier alpha value is -2.82. The van der Waals surface area contributed by atoms with Crippen LogP contribution >= 0.6 is 11.6 Å². The number of hydrazone groups is 1. The van der Waals surface area contributed by atoms with Gasteiger partial charge in [0.05, 0.1) is 22.6 Å². The van der Waals surface area contributed by atoms with Crippen LogP contribution < -0.4 is 10.1 Å². The SMILES string of the molecule is O=C(CNS(=O)(=O)c1ccccc1)N/N=C\c1cc([N+](=O)[O-])ccc1Cl. The normalized spacial score (nSPS) is 11.4. The number of rotatable bonds is 7. The van der Waals surface area contributed by atoms with E-state index in [1.165, 1.54) is 30.3 Å². The molecule has 1 amide bonds. The lowest BCUT2D eigenvalue weighted by molar-refractivity contribution is -0.384. The van der Waals surface area contributed by atoms with Crippen LogP contribution in [-0.4, -0.2) is 32.0 Å². The first-order valence-electron chi connectivity index (χ1n) is 7.10. The van der Waals surface area contributed by atoms with Crippen LogP contribution in [-0.2, 0) is 14.8 Å². The molecule has 2 rings (SSSR count). The maximum atomic E-state index is 12.0. The molecule has 2 aromatic carbocycles. The third-order valence-corrected chi connectivity index (χ3v) is 4.82. The van der Waals surface area contributed by atoms with Gasteiger partial charge in [0.1, 0.15) is 0 Å². The molecule has 0 heterocycles. The van der Waals surface area contributed by atoms with Gasteiger partial charge in [-0.05, 0) is 18.2 Å². The van der Waals surface area contributed by atoms with Crippen molar-refractivity contribution in [2.24, 2.45) is 5.10 Å². The third-order valence-electron chi connectivity index (χ3n) is 3.06. The van der Waals surface area contributed by atoms with Gasteiger partial charge in [-0.15, -0.1) is 0 Å². The van der Waals surface area contributed by atoms with Crippen molar-refractivity contribution in [1.29, 1.82) is 0 Å². The van der Waals surface area contributed by atoms with E-state index in [0.29, 0.717) is 0 Å². The third kappa shape index (κ3) is 5.34. The molecule has 0 atom stereocenters. The molecule has 0 unspecified atom stereocenters. The summed E-state index contributed by atoms with van der Waals surface area (Å²) in [6.07, 6.45) is 1.12. The minimum absolute atomic E-state index is 0.0275. The van der Waals surface area contributed by atoms with Gasteiger partial charge < -0.3 is 0 Å². The minimum Gasteiger partial charge on any atom is -0.272 e. The number of benzene rings is 2. The van der Waals surface area contributed by atoms with E-state index in [4.69, 9.17) is 11.6 Å².